The van der Waals surface area contributed by atoms with Gasteiger partial charge in [-0.25, -0.2) is 0 Å². The van der Waals surface area contributed by atoms with Crippen molar-refractivity contribution in [2.24, 2.45) is 0 Å². The van der Waals surface area contributed by atoms with Gasteiger partial charge in [-0.2, -0.15) is 0 Å². The molecule has 0 heterocycles. The van der Waals surface area contributed by atoms with Crippen LogP contribution in [0.25, 0.3) is 0 Å². The fourth-order valence-electron chi connectivity index (χ4n) is 2.04. The van der Waals surface area contributed by atoms with Crippen molar-refractivity contribution in [3.8, 4) is 0 Å². The predicted octanol–water partition coefficient (Wildman–Crippen LogP) is 1.80. The maximum Gasteiger partial charge on any atom is 0.136 e. The topological polar surface area (TPSA) is 63.9 Å². The predicted molar refractivity (Wildman–Crippen MR) is 75.9 cm³/mol. The molecule has 4 nitrogen and oxygen atoms in total. The second-order valence-electron chi connectivity index (χ2n) is 4.72. The summed E-state index contributed by atoms with van der Waals surface area (Å²) in [5.41, 5.74) is 1.79. The van der Waals surface area contributed by atoms with Crippen LogP contribution >= 0.6 is 0 Å². The summed E-state index contributed by atoms with van der Waals surface area (Å²) in [7, 11) is 0. The van der Waals surface area contributed by atoms with Crippen LogP contribution in [0, 0.1) is 0 Å². The van der Waals surface area contributed by atoms with Gasteiger partial charge in [0.25, 0.3) is 0 Å². The average molecular weight is 273 g/mol. The number of aliphatic hydroxyl groups excluding tert-OH is 2. The second kappa shape index (κ2) is 7.17. The van der Waals surface area contributed by atoms with Crippen LogP contribution in [0.15, 0.2) is 60.7 Å². The highest BCUT2D eigenvalue weighted by Gasteiger charge is 2.21. The van der Waals surface area contributed by atoms with Gasteiger partial charge < -0.3 is 15.4 Å². The van der Waals surface area contributed by atoms with Gasteiger partial charge in [0, 0.05) is 12.8 Å². The molecule has 2 aromatic rings. The molecular weight excluding hydrogens is 254 g/mol. The van der Waals surface area contributed by atoms with Crippen molar-refractivity contribution in [3.63, 3.8) is 0 Å². The van der Waals surface area contributed by atoms with Crippen molar-refractivity contribution in [2.45, 2.75) is 25.3 Å². The molecule has 0 fully saturated rings. The number of hydroxylamine groups is 2. The van der Waals surface area contributed by atoms with Gasteiger partial charge in [-0.05, 0) is 11.1 Å². The SMILES string of the molecule is OC(Cc1ccccc1)N(O)C(O)Cc1ccccc1. The molecule has 0 aliphatic heterocycles. The third kappa shape index (κ3) is 4.15. The van der Waals surface area contributed by atoms with E-state index in [1.807, 2.05) is 60.7 Å². The molecule has 4 heteroatoms. The summed E-state index contributed by atoms with van der Waals surface area (Å²) < 4.78 is 0. The molecule has 0 radical (unpaired) electrons. The molecule has 0 amide bonds. The molecule has 0 bridgehead atoms. The molecule has 0 spiro atoms. The third-order valence-corrected chi connectivity index (χ3v) is 3.13. The zero-order valence-electron chi connectivity index (χ0n) is 11.1. The molecule has 2 aromatic carbocycles. The molecule has 0 saturated carbocycles. The van der Waals surface area contributed by atoms with E-state index in [-0.39, 0.29) is 12.8 Å². The van der Waals surface area contributed by atoms with E-state index in [1.165, 1.54) is 0 Å². The Hall–Kier alpha value is -1.72. The van der Waals surface area contributed by atoms with Gasteiger partial charge in [0.1, 0.15) is 12.5 Å². The minimum Gasteiger partial charge on any atom is -0.376 e. The number of aliphatic hydroxyl groups is 2. The maximum atomic E-state index is 9.94. The lowest BCUT2D eigenvalue weighted by atomic mass is 10.1. The third-order valence-electron chi connectivity index (χ3n) is 3.13. The average Bonchev–Trinajstić information content (AvgIpc) is 2.48. The van der Waals surface area contributed by atoms with Crippen molar-refractivity contribution in [2.75, 3.05) is 0 Å². The summed E-state index contributed by atoms with van der Waals surface area (Å²) in [6, 6.07) is 18.7. The van der Waals surface area contributed by atoms with Crippen molar-refractivity contribution in [1.29, 1.82) is 0 Å². The monoisotopic (exact) mass is 273 g/mol. The van der Waals surface area contributed by atoms with Crippen LogP contribution in [0.5, 0.6) is 0 Å². The van der Waals surface area contributed by atoms with Crippen molar-refractivity contribution in [3.05, 3.63) is 71.8 Å². The molecule has 0 aromatic heterocycles. The lowest BCUT2D eigenvalue weighted by Gasteiger charge is -2.26. The van der Waals surface area contributed by atoms with E-state index in [2.05, 4.69) is 0 Å². The Morgan fingerprint density at radius 3 is 1.40 bits per heavy atom. The van der Waals surface area contributed by atoms with Gasteiger partial charge in [-0.15, -0.1) is 5.06 Å². The Balaban J connectivity index is 1.91. The van der Waals surface area contributed by atoms with Gasteiger partial charge in [-0.3, -0.25) is 0 Å². The largest absolute Gasteiger partial charge is 0.376 e. The molecule has 3 N–H and O–H groups in total. The molecule has 106 valence electrons. The lowest BCUT2D eigenvalue weighted by molar-refractivity contribution is -0.268. The first kappa shape index (κ1) is 14.7. The van der Waals surface area contributed by atoms with Gasteiger partial charge in [0.15, 0.2) is 0 Å². The standard InChI is InChI=1S/C16H19NO3/c18-15(11-13-7-3-1-4-8-13)17(20)16(19)12-14-9-5-2-6-10-14/h1-10,15-16,18-20H,11-12H2. The van der Waals surface area contributed by atoms with E-state index in [0.717, 1.165) is 11.1 Å². The van der Waals surface area contributed by atoms with E-state index < -0.39 is 12.5 Å². The van der Waals surface area contributed by atoms with Crippen LogP contribution in [0.3, 0.4) is 0 Å². The molecule has 2 atom stereocenters. The fourth-order valence-corrected chi connectivity index (χ4v) is 2.04. The summed E-state index contributed by atoms with van der Waals surface area (Å²) >= 11 is 0. The van der Waals surface area contributed by atoms with E-state index >= 15 is 0 Å². The molecule has 2 unspecified atom stereocenters. The molecule has 0 saturated heterocycles. The van der Waals surface area contributed by atoms with Crippen LogP contribution in [0.2, 0.25) is 0 Å². The number of rotatable bonds is 6. The Morgan fingerprint density at radius 1 is 0.700 bits per heavy atom. The van der Waals surface area contributed by atoms with Gasteiger partial charge in [-0.1, -0.05) is 60.7 Å². The summed E-state index contributed by atoms with van der Waals surface area (Å²) in [6.07, 6.45) is -1.78. The number of hydrogen-bond acceptors (Lipinski definition) is 4. The number of benzene rings is 2. The number of hydrogen-bond donors (Lipinski definition) is 3. The lowest BCUT2D eigenvalue weighted by Crippen LogP contribution is -2.43. The first-order chi connectivity index (χ1) is 9.66. The molecule has 2 rings (SSSR count). The molecule has 0 aliphatic rings. The van der Waals surface area contributed by atoms with Crippen LogP contribution in [-0.2, 0) is 12.8 Å². The smallest absolute Gasteiger partial charge is 0.136 e. The minimum atomic E-state index is -1.14. The van der Waals surface area contributed by atoms with Gasteiger partial charge in [0.2, 0.25) is 0 Å². The zero-order valence-corrected chi connectivity index (χ0v) is 11.1. The first-order valence-corrected chi connectivity index (χ1v) is 6.58. The highest BCUT2D eigenvalue weighted by Crippen LogP contribution is 2.11. The summed E-state index contributed by atoms with van der Waals surface area (Å²) in [4.78, 5) is 0. The van der Waals surface area contributed by atoms with Crippen LogP contribution in [0.4, 0.5) is 0 Å². The Kier molecular flexibility index (Phi) is 5.26. The summed E-state index contributed by atoms with van der Waals surface area (Å²) in [6.45, 7) is 0. The summed E-state index contributed by atoms with van der Waals surface area (Å²) in [5, 5.41) is 30.3. The van der Waals surface area contributed by atoms with Crippen LogP contribution in [0.1, 0.15) is 11.1 Å². The Morgan fingerprint density at radius 2 is 1.05 bits per heavy atom. The normalized spacial score (nSPS) is 14.2. The highest BCUT2D eigenvalue weighted by molar-refractivity contribution is 5.16. The van der Waals surface area contributed by atoms with Gasteiger partial charge >= 0.3 is 0 Å². The Labute approximate surface area is 118 Å². The molecule has 0 aliphatic carbocycles. The first-order valence-electron chi connectivity index (χ1n) is 6.58. The zero-order chi connectivity index (χ0) is 14.4. The van der Waals surface area contributed by atoms with Crippen molar-refractivity contribution in [1.82, 2.24) is 5.06 Å². The maximum absolute atomic E-state index is 9.94. The minimum absolute atomic E-state index is 0.253. The van der Waals surface area contributed by atoms with Crippen LogP contribution < -0.4 is 0 Å². The Bertz CT molecular complexity index is 456. The fraction of sp³-hybridized carbons (Fsp3) is 0.250. The van der Waals surface area contributed by atoms with E-state index in [4.69, 9.17) is 0 Å². The van der Waals surface area contributed by atoms with Gasteiger partial charge in [0.05, 0.1) is 0 Å². The van der Waals surface area contributed by atoms with E-state index in [9.17, 15) is 15.4 Å². The highest BCUT2D eigenvalue weighted by atomic mass is 16.6. The second-order valence-corrected chi connectivity index (χ2v) is 4.72. The van der Waals surface area contributed by atoms with E-state index in [1.54, 1.807) is 0 Å². The van der Waals surface area contributed by atoms with Crippen molar-refractivity contribution < 1.29 is 15.4 Å². The molecule has 20 heavy (non-hydrogen) atoms. The van der Waals surface area contributed by atoms with E-state index in [0.29, 0.717) is 5.06 Å². The van der Waals surface area contributed by atoms with Crippen molar-refractivity contribution >= 4 is 0 Å². The van der Waals surface area contributed by atoms with Crippen LogP contribution in [-0.4, -0.2) is 32.9 Å². The summed E-state index contributed by atoms with van der Waals surface area (Å²) in [5.74, 6) is 0. The molecular formula is C16H19NO3. The number of nitrogens with zero attached hydrogens (tertiary/aromatic N) is 1. The quantitative estimate of drug-likeness (QED) is 0.555.